The lowest BCUT2D eigenvalue weighted by atomic mass is 10.2. The number of benzene rings is 2. The minimum absolute atomic E-state index is 0.214. The molecule has 0 spiro atoms. The fourth-order valence-electron chi connectivity index (χ4n) is 2.16. The molecule has 0 atom stereocenters. The van der Waals surface area contributed by atoms with Crippen molar-refractivity contribution in [1.29, 1.82) is 0 Å². The summed E-state index contributed by atoms with van der Waals surface area (Å²) in [5.41, 5.74) is 0.784. The van der Waals surface area contributed by atoms with Crippen LogP contribution in [-0.4, -0.2) is 4.98 Å². The molecule has 1 heterocycles. The predicted molar refractivity (Wildman–Crippen MR) is 78.0 cm³/mol. The van der Waals surface area contributed by atoms with Gasteiger partial charge in [0, 0.05) is 17.6 Å². The molecule has 0 saturated carbocycles. The third-order valence-corrected chi connectivity index (χ3v) is 3.48. The number of H-pyrrole nitrogens is 1. The molecule has 0 unspecified atom stereocenters. The van der Waals surface area contributed by atoms with Crippen LogP contribution in [0.4, 0.5) is 28.9 Å². The van der Waals surface area contributed by atoms with Crippen LogP contribution in [0.5, 0.6) is 0 Å². The molecule has 2 aromatic carbocycles. The summed E-state index contributed by atoms with van der Waals surface area (Å²) in [6, 6.07) is 7.74. The third-order valence-electron chi connectivity index (χ3n) is 3.18. The highest BCUT2D eigenvalue weighted by molar-refractivity contribution is 6.35. The molecule has 0 aliphatic carbocycles. The van der Waals surface area contributed by atoms with Gasteiger partial charge in [-0.1, -0.05) is 11.6 Å². The lowest BCUT2D eigenvalue weighted by Crippen LogP contribution is -2.04. The molecule has 0 saturated heterocycles. The Morgan fingerprint density at radius 3 is 2.32 bits per heavy atom. The van der Waals surface area contributed by atoms with E-state index in [1.807, 2.05) is 0 Å². The molecule has 114 valence electrons. The quantitative estimate of drug-likeness (QED) is 0.578. The Morgan fingerprint density at radius 2 is 1.68 bits per heavy atom. The molecular formula is C15H9ClF4N2. The van der Waals surface area contributed by atoms with E-state index in [0.29, 0.717) is 16.9 Å². The van der Waals surface area contributed by atoms with Crippen LogP contribution in [0, 0.1) is 5.82 Å². The van der Waals surface area contributed by atoms with Gasteiger partial charge in [0.1, 0.15) is 5.82 Å². The average Bonchev–Trinajstić information content (AvgIpc) is 2.80. The third kappa shape index (κ3) is 2.74. The van der Waals surface area contributed by atoms with Gasteiger partial charge in [-0.3, -0.25) is 0 Å². The number of hydrogen-bond donors (Lipinski definition) is 2. The Kier molecular flexibility index (Phi) is 3.48. The molecule has 0 aliphatic rings. The zero-order chi connectivity index (χ0) is 15.9. The largest absolute Gasteiger partial charge is 0.416 e. The smallest absolute Gasteiger partial charge is 0.358 e. The lowest BCUT2D eigenvalue weighted by Gasteiger charge is -2.10. The number of anilines is 2. The highest BCUT2D eigenvalue weighted by atomic mass is 35.5. The van der Waals surface area contributed by atoms with Crippen LogP contribution >= 0.6 is 11.6 Å². The topological polar surface area (TPSA) is 27.8 Å². The summed E-state index contributed by atoms with van der Waals surface area (Å²) < 4.78 is 51.0. The number of aromatic amines is 1. The second-order valence-electron chi connectivity index (χ2n) is 4.72. The van der Waals surface area contributed by atoms with Gasteiger partial charge in [-0.25, -0.2) is 4.39 Å². The van der Waals surface area contributed by atoms with Crippen LogP contribution < -0.4 is 5.32 Å². The maximum atomic E-state index is 13.5. The first-order chi connectivity index (χ1) is 10.3. The number of alkyl halides is 3. The minimum atomic E-state index is -4.37. The molecule has 7 heteroatoms. The zero-order valence-corrected chi connectivity index (χ0v) is 11.7. The normalized spacial score (nSPS) is 11.9. The first-order valence-corrected chi connectivity index (χ1v) is 6.63. The van der Waals surface area contributed by atoms with Crippen LogP contribution in [0.25, 0.3) is 10.9 Å². The van der Waals surface area contributed by atoms with Crippen molar-refractivity contribution >= 4 is 33.9 Å². The van der Waals surface area contributed by atoms with E-state index in [4.69, 9.17) is 11.6 Å². The summed E-state index contributed by atoms with van der Waals surface area (Å²) in [5, 5.41) is 3.42. The highest BCUT2D eigenvalue weighted by Crippen LogP contribution is 2.32. The van der Waals surface area contributed by atoms with Gasteiger partial charge in [0.2, 0.25) is 0 Å². The molecule has 0 radical (unpaired) electrons. The zero-order valence-electron chi connectivity index (χ0n) is 10.9. The van der Waals surface area contributed by atoms with E-state index in [1.165, 1.54) is 24.4 Å². The molecule has 1 aromatic heterocycles. The van der Waals surface area contributed by atoms with Gasteiger partial charge in [-0.15, -0.1) is 0 Å². The van der Waals surface area contributed by atoms with Gasteiger partial charge in [-0.2, -0.15) is 13.2 Å². The van der Waals surface area contributed by atoms with E-state index < -0.39 is 17.6 Å². The molecule has 3 aromatic rings. The molecule has 0 bridgehead atoms. The Morgan fingerprint density at radius 1 is 1.00 bits per heavy atom. The molecule has 0 amide bonds. The van der Waals surface area contributed by atoms with Gasteiger partial charge < -0.3 is 10.3 Å². The number of nitrogens with one attached hydrogen (secondary N) is 2. The summed E-state index contributed by atoms with van der Waals surface area (Å²) in [5.74, 6) is -0.457. The minimum Gasteiger partial charge on any atom is -0.358 e. The Balaban J connectivity index is 1.90. The van der Waals surface area contributed by atoms with E-state index in [2.05, 4.69) is 10.3 Å². The van der Waals surface area contributed by atoms with Crippen LogP contribution in [0.1, 0.15) is 5.56 Å². The standard InChI is InChI=1S/C15H9ClF4N2/c16-11-5-10(6-13-14(11)12(17)7-21-13)22-9-3-1-8(2-4-9)15(18,19)20/h1-7,21-22H. The molecule has 2 N–H and O–H groups in total. The Bertz CT molecular complexity index is 822. The van der Waals surface area contributed by atoms with Crippen LogP contribution in [0.2, 0.25) is 5.02 Å². The number of halogens is 5. The molecule has 0 fully saturated rings. The van der Waals surface area contributed by atoms with Crippen molar-refractivity contribution in [1.82, 2.24) is 4.98 Å². The molecular weight excluding hydrogens is 320 g/mol. The number of hydrogen-bond acceptors (Lipinski definition) is 1. The molecule has 3 rings (SSSR count). The first-order valence-electron chi connectivity index (χ1n) is 6.25. The maximum Gasteiger partial charge on any atom is 0.416 e. The van der Waals surface area contributed by atoms with Gasteiger partial charge in [0.25, 0.3) is 0 Å². The van der Waals surface area contributed by atoms with Crippen molar-refractivity contribution in [2.75, 3.05) is 5.32 Å². The predicted octanol–water partition coefficient (Wildman–Crippen LogP) is 5.72. The van der Waals surface area contributed by atoms with E-state index in [-0.39, 0.29) is 10.4 Å². The summed E-state index contributed by atoms with van der Waals surface area (Å²) >= 11 is 6.01. The second-order valence-corrected chi connectivity index (χ2v) is 5.12. The summed E-state index contributed by atoms with van der Waals surface area (Å²) in [4.78, 5) is 2.74. The van der Waals surface area contributed by atoms with Gasteiger partial charge in [-0.05, 0) is 36.4 Å². The Hall–Kier alpha value is -2.21. The second kappa shape index (κ2) is 5.21. The monoisotopic (exact) mass is 328 g/mol. The van der Waals surface area contributed by atoms with Gasteiger partial charge in [0.15, 0.2) is 0 Å². The fourth-order valence-corrected chi connectivity index (χ4v) is 2.47. The molecule has 22 heavy (non-hydrogen) atoms. The van der Waals surface area contributed by atoms with Gasteiger partial charge >= 0.3 is 6.18 Å². The number of aromatic nitrogens is 1. The van der Waals surface area contributed by atoms with Crippen molar-refractivity contribution in [3.05, 3.63) is 59.0 Å². The van der Waals surface area contributed by atoms with Crippen LogP contribution in [0.3, 0.4) is 0 Å². The van der Waals surface area contributed by atoms with Crippen LogP contribution in [-0.2, 0) is 6.18 Å². The van der Waals surface area contributed by atoms with Crippen molar-refractivity contribution in [3.63, 3.8) is 0 Å². The highest BCUT2D eigenvalue weighted by Gasteiger charge is 2.29. The van der Waals surface area contributed by atoms with E-state index >= 15 is 0 Å². The first kappa shape index (κ1) is 14.7. The van der Waals surface area contributed by atoms with Gasteiger partial charge in [0.05, 0.1) is 21.5 Å². The van der Waals surface area contributed by atoms with E-state index in [0.717, 1.165) is 12.1 Å². The van der Waals surface area contributed by atoms with Crippen molar-refractivity contribution in [3.8, 4) is 0 Å². The van der Waals surface area contributed by atoms with Crippen LogP contribution in [0.15, 0.2) is 42.6 Å². The summed E-state index contributed by atoms with van der Waals surface area (Å²) in [6.45, 7) is 0. The fraction of sp³-hybridized carbons (Fsp3) is 0.0667. The summed E-state index contributed by atoms with van der Waals surface area (Å²) in [6.07, 6.45) is -3.18. The van der Waals surface area contributed by atoms with Crippen molar-refractivity contribution in [2.45, 2.75) is 6.18 Å². The molecule has 0 aliphatic heterocycles. The average molecular weight is 329 g/mol. The summed E-state index contributed by atoms with van der Waals surface area (Å²) in [7, 11) is 0. The van der Waals surface area contributed by atoms with E-state index in [9.17, 15) is 17.6 Å². The van der Waals surface area contributed by atoms with Crippen molar-refractivity contribution in [2.24, 2.45) is 0 Å². The molecule has 2 nitrogen and oxygen atoms in total. The number of rotatable bonds is 2. The SMILES string of the molecule is Fc1c[nH]c2cc(Nc3ccc(C(F)(F)F)cc3)cc(Cl)c12. The Labute approximate surface area is 127 Å². The number of fused-ring (bicyclic) bond motifs is 1. The van der Waals surface area contributed by atoms with Crippen molar-refractivity contribution < 1.29 is 17.6 Å². The van der Waals surface area contributed by atoms with E-state index in [1.54, 1.807) is 6.07 Å². The maximum absolute atomic E-state index is 13.5. The lowest BCUT2D eigenvalue weighted by molar-refractivity contribution is -0.137.